The molecule has 0 spiro atoms. The highest BCUT2D eigenvalue weighted by atomic mass is 35.5. The fourth-order valence-electron chi connectivity index (χ4n) is 3.82. The average molecular weight is 493 g/mol. The summed E-state index contributed by atoms with van der Waals surface area (Å²) in [6, 6.07) is 32.7. The van der Waals surface area contributed by atoms with Crippen molar-refractivity contribution in [2.75, 3.05) is 5.32 Å². The van der Waals surface area contributed by atoms with Crippen molar-refractivity contribution in [2.45, 2.75) is 6.61 Å². The lowest BCUT2D eigenvalue weighted by Gasteiger charge is -2.11. The first kappa shape index (κ1) is 23.3. The van der Waals surface area contributed by atoms with Crippen molar-refractivity contribution in [3.8, 4) is 11.3 Å². The predicted molar refractivity (Wildman–Crippen MR) is 142 cm³/mol. The van der Waals surface area contributed by atoms with E-state index in [0.717, 1.165) is 16.8 Å². The van der Waals surface area contributed by atoms with E-state index in [-0.39, 0.29) is 12.5 Å². The van der Waals surface area contributed by atoms with Gasteiger partial charge in [0.1, 0.15) is 6.61 Å². The molecule has 1 amide bonds. The molecule has 0 radical (unpaired) electrons. The molecule has 1 aromatic heterocycles. The second-order valence-corrected chi connectivity index (χ2v) is 8.61. The zero-order valence-corrected chi connectivity index (χ0v) is 19.9. The maximum absolute atomic E-state index is 13.1. The second-order valence-electron chi connectivity index (χ2n) is 8.17. The number of nitrogens with one attached hydrogen (secondary N) is 1. The van der Waals surface area contributed by atoms with Gasteiger partial charge in [-0.2, -0.15) is 0 Å². The summed E-state index contributed by atoms with van der Waals surface area (Å²) >= 11 is 6.02. The third kappa shape index (κ3) is 5.27. The third-order valence-electron chi connectivity index (χ3n) is 5.69. The molecule has 6 heteroatoms. The van der Waals surface area contributed by atoms with Crippen LogP contribution in [0.3, 0.4) is 0 Å². The van der Waals surface area contributed by atoms with Gasteiger partial charge < -0.3 is 10.1 Å². The van der Waals surface area contributed by atoms with Crippen LogP contribution in [0, 0.1) is 0 Å². The molecule has 176 valence electrons. The lowest BCUT2D eigenvalue weighted by Crippen LogP contribution is -2.12. The molecule has 1 N–H and O–H groups in total. The van der Waals surface area contributed by atoms with Crippen LogP contribution in [0.25, 0.3) is 22.2 Å². The van der Waals surface area contributed by atoms with Gasteiger partial charge in [0.25, 0.3) is 5.91 Å². The number of pyridine rings is 1. The second kappa shape index (κ2) is 10.4. The van der Waals surface area contributed by atoms with Crippen LogP contribution in [-0.4, -0.2) is 16.9 Å². The SMILES string of the molecule is O=C(Nc1ccccc1)c1ccc(COC(=O)c2cc(-c3ccc(Cl)cc3)nc3ccccc23)cc1. The number of fused-ring (bicyclic) bond motifs is 1. The lowest BCUT2D eigenvalue weighted by atomic mass is 10.0. The van der Waals surface area contributed by atoms with E-state index in [1.165, 1.54) is 0 Å². The summed E-state index contributed by atoms with van der Waals surface area (Å²) < 4.78 is 5.64. The quantitative estimate of drug-likeness (QED) is 0.255. The van der Waals surface area contributed by atoms with E-state index in [9.17, 15) is 9.59 Å². The van der Waals surface area contributed by atoms with Crippen molar-refractivity contribution in [1.82, 2.24) is 4.98 Å². The fourth-order valence-corrected chi connectivity index (χ4v) is 3.94. The molecule has 0 aliphatic carbocycles. The van der Waals surface area contributed by atoms with Crippen LogP contribution in [0.1, 0.15) is 26.3 Å². The summed E-state index contributed by atoms with van der Waals surface area (Å²) in [6.45, 7) is 0.0757. The predicted octanol–water partition coefficient (Wildman–Crippen LogP) is 7.16. The van der Waals surface area contributed by atoms with Crippen molar-refractivity contribution in [3.63, 3.8) is 0 Å². The van der Waals surface area contributed by atoms with Gasteiger partial charge in [-0.15, -0.1) is 0 Å². The number of nitrogens with zero attached hydrogens (tertiary/aromatic N) is 1. The Bertz CT molecular complexity index is 1530. The number of ether oxygens (including phenoxy) is 1. The van der Waals surface area contributed by atoms with E-state index in [1.54, 1.807) is 42.5 Å². The number of hydrogen-bond donors (Lipinski definition) is 1. The van der Waals surface area contributed by atoms with Crippen LogP contribution in [-0.2, 0) is 11.3 Å². The molecule has 5 aromatic rings. The third-order valence-corrected chi connectivity index (χ3v) is 5.95. The first-order valence-electron chi connectivity index (χ1n) is 11.3. The van der Waals surface area contributed by atoms with Crippen molar-refractivity contribution >= 4 is 40.1 Å². The van der Waals surface area contributed by atoms with Gasteiger partial charge in [0, 0.05) is 27.2 Å². The van der Waals surface area contributed by atoms with Gasteiger partial charge in [-0.1, -0.05) is 72.3 Å². The van der Waals surface area contributed by atoms with Crippen LogP contribution >= 0.6 is 11.6 Å². The van der Waals surface area contributed by atoms with Crippen LogP contribution in [0.5, 0.6) is 0 Å². The van der Waals surface area contributed by atoms with Gasteiger partial charge in [-0.05, 0) is 54.1 Å². The van der Waals surface area contributed by atoms with Crippen LogP contribution in [0.4, 0.5) is 5.69 Å². The summed E-state index contributed by atoms with van der Waals surface area (Å²) in [4.78, 5) is 30.3. The monoisotopic (exact) mass is 492 g/mol. The molecular formula is C30H21ClN2O3. The molecule has 0 aliphatic rings. The number of esters is 1. The average Bonchev–Trinajstić information content (AvgIpc) is 2.92. The number of rotatable bonds is 6. The molecule has 5 nitrogen and oxygen atoms in total. The minimum atomic E-state index is -0.449. The maximum Gasteiger partial charge on any atom is 0.339 e. The molecule has 0 atom stereocenters. The summed E-state index contributed by atoms with van der Waals surface area (Å²) in [5, 5.41) is 4.19. The van der Waals surface area contributed by atoms with Crippen LogP contribution in [0.15, 0.2) is 109 Å². The number of carbonyl (C=O) groups is 2. The lowest BCUT2D eigenvalue weighted by molar-refractivity contribution is 0.0475. The van der Waals surface area contributed by atoms with E-state index in [1.807, 2.05) is 66.7 Å². The molecule has 5 rings (SSSR count). The molecule has 0 bridgehead atoms. The van der Waals surface area contributed by atoms with Gasteiger partial charge in [-0.25, -0.2) is 9.78 Å². The summed E-state index contributed by atoms with van der Waals surface area (Å²) in [5.41, 5.74) is 4.66. The van der Waals surface area contributed by atoms with Crippen LogP contribution < -0.4 is 5.32 Å². The standard InChI is InChI=1S/C30H21ClN2O3/c31-23-16-14-21(15-17-23)28-18-26(25-8-4-5-9-27(25)33-28)30(35)36-19-20-10-12-22(13-11-20)29(34)32-24-6-2-1-3-7-24/h1-18H,19H2,(H,32,34). The number of anilines is 1. The normalized spacial score (nSPS) is 10.7. The molecule has 1 heterocycles. The van der Waals surface area contributed by atoms with E-state index in [4.69, 9.17) is 21.3 Å². The number of hydrogen-bond acceptors (Lipinski definition) is 4. The Morgan fingerprint density at radius 2 is 1.50 bits per heavy atom. The Balaban J connectivity index is 1.32. The zero-order chi connectivity index (χ0) is 24.9. The van der Waals surface area contributed by atoms with Gasteiger partial charge in [0.05, 0.1) is 16.8 Å². The fraction of sp³-hybridized carbons (Fsp3) is 0.0333. The molecule has 36 heavy (non-hydrogen) atoms. The number of aromatic nitrogens is 1. The first-order valence-corrected chi connectivity index (χ1v) is 11.7. The van der Waals surface area contributed by atoms with E-state index >= 15 is 0 Å². The van der Waals surface area contributed by atoms with Gasteiger partial charge in [0.15, 0.2) is 0 Å². The Labute approximate surface area is 213 Å². The Hall–Kier alpha value is -4.48. The highest BCUT2D eigenvalue weighted by Crippen LogP contribution is 2.26. The first-order chi connectivity index (χ1) is 17.6. The molecular weight excluding hydrogens is 472 g/mol. The van der Waals surface area contributed by atoms with Crippen molar-refractivity contribution in [2.24, 2.45) is 0 Å². The van der Waals surface area contributed by atoms with Gasteiger partial charge in [-0.3, -0.25) is 4.79 Å². The summed E-state index contributed by atoms with van der Waals surface area (Å²) in [5.74, 6) is -0.655. The summed E-state index contributed by atoms with van der Waals surface area (Å²) in [7, 11) is 0. The largest absolute Gasteiger partial charge is 0.457 e. The minimum Gasteiger partial charge on any atom is -0.457 e. The molecule has 0 fully saturated rings. The van der Waals surface area contributed by atoms with Crippen molar-refractivity contribution in [3.05, 3.63) is 131 Å². The molecule has 0 aliphatic heterocycles. The number of amides is 1. The Morgan fingerprint density at radius 1 is 0.806 bits per heavy atom. The van der Waals surface area contributed by atoms with Crippen LogP contribution in [0.2, 0.25) is 5.02 Å². The van der Waals surface area contributed by atoms with E-state index in [2.05, 4.69) is 5.32 Å². The van der Waals surface area contributed by atoms with Crippen molar-refractivity contribution in [1.29, 1.82) is 0 Å². The van der Waals surface area contributed by atoms with E-state index in [0.29, 0.717) is 32.7 Å². The van der Waals surface area contributed by atoms with E-state index < -0.39 is 5.97 Å². The number of benzene rings is 4. The highest BCUT2D eigenvalue weighted by Gasteiger charge is 2.16. The maximum atomic E-state index is 13.1. The molecule has 4 aromatic carbocycles. The molecule has 0 saturated heterocycles. The number of carbonyl (C=O) groups excluding carboxylic acids is 2. The minimum absolute atomic E-state index is 0.0757. The summed E-state index contributed by atoms with van der Waals surface area (Å²) in [6.07, 6.45) is 0. The van der Waals surface area contributed by atoms with Crippen molar-refractivity contribution < 1.29 is 14.3 Å². The van der Waals surface area contributed by atoms with Gasteiger partial charge >= 0.3 is 5.97 Å². The number of para-hydroxylation sites is 2. The molecule has 0 saturated carbocycles. The Kier molecular flexibility index (Phi) is 6.74. The molecule has 0 unspecified atom stereocenters. The number of halogens is 1. The van der Waals surface area contributed by atoms with Gasteiger partial charge in [0.2, 0.25) is 0 Å². The smallest absolute Gasteiger partial charge is 0.339 e. The zero-order valence-electron chi connectivity index (χ0n) is 19.1. The Morgan fingerprint density at radius 3 is 2.25 bits per heavy atom. The highest BCUT2D eigenvalue weighted by molar-refractivity contribution is 6.30. The topological polar surface area (TPSA) is 68.3 Å².